The number of hydrogen-bond acceptors (Lipinski definition) is 4. The van der Waals surface area contributed by atoms with Crippen molar-refractivity contribution in [1.29, 1.82) is 0 Å². The van der Waals surface area contributed by atoms with Gasteiger partial charge in [-0.2, -0.15) is 0 Å². The lowest BCUT2D eigenvalue weighted by Crippen LogP contribution is -2.16. The first kappa shape index (κ1) is 29.7. The van der Waals surface area contributed by atoms with E-state index in [1.54, 1.807) is 0 Å². The van der Waals surface area contributed by atoms with Gasteiger partial charge in [0.05, 0.1) is 39.5 Å². The van der Waals surface area contributed by atoms with Gasteiger partial charge in [0.2, 0.25) is 0 Å². The molecule has 250 valence electrons. The second-order valence-corrected chi connectivity index (χ2v) is 15.2. The third-order valence-electron chi connectivity index (χ3n) is 11.1. The van der Waals surface area contributed by atoms with Crippen molar-refractivity contribution in [2.75, 3.05) is 4.90 Å². The molecule has 0 fully saturated rings. The molecule has 0 atom stereocenters. The third-order valence-corrected chi connectivity index (χ3v) is 12.3. The topological polar surface area (TPSA) is 29.0 Å². The Balaban J connectivity index is 1.20. The first-order valence-corrected chi connectivity index (χ1v) is 19.1. The molecule has 12 rings (SSSR count). The Bertz CT molecular complexity index is 3350. The Morgan fingerprint density at radius 3 is 1.91 bits per heavy atom. The highest BCUT2D eigenvalue weighted by Gasteiger charge is 2.30. The molecule has 2 aromatic heterocycles. The van der Waals surface area contributed by atoms with Crippen molar-refractivity contribution >= 4 is 91.9 Å². The standard InChI is InChI=1S/C50H29N3S/c1-2-13-33-28-44(53-42-21-10-15-31-14-9-18-38(47(31)42)48-35-16-4-3-11-30(35)24-26-43(48)53)39(27-32(33)12-1)50-49(51-40-19-6-7-20-41(40)52-50)34-23-25-37-36-17-5-8-22-45(36)54-46(37)29-34/h1-29H. The number of fused-ring (bicyclic) bond motifs is 9. The minimum Gasteiger partial charge on any atom is -0.308 e. The summed E-state index contributed by atoms with van der Waals surface area (Å²) in [4.78, 5) is 13.4. The minimum absolute atomic E-state index is 0.864. The minimum atomic E-state index is 0.864. The maximum atomic E-state index is 5.52. The van der Waals surface area contributed by atoms with Crippen molar-refractivity contribution in [2.45, 2.75) is 0 Å². The van der Waals surface area contributed by atoms with E-state index in [1.165, 1.54) is 58.2 Å². The molecular weight excluding hydrogens is 675 g/mol. The molecule has 4 heteroatoms. The average molecular weight is 704 g/mol. The summed E-state index contributed by atoms with van der Waals surface area (Å²) >= 11 is 1.83. The molecule has 0 amide bonds. The van der Waals surface area contributed by atoms with Crippen LogP contribution < -0.4 is 4.90 Å². The van der Waals surface area contributed by atoms with Gasteiger partial charge in [0.15, 0.2) is 0 Å². The van der Waals surface area contributed by atoms with Crippen molar-refractivity contribution in [2.24, 2.45) is 0 Å². The van der Waals surface area contributed by atoms with Crippen LogP contribution in [0.3, 0.4) is 0 Å². The Kier molecular flexibility index (Phi) is 6.21. The highest BCUT2D eigenvalue weighted by atomic mass is 32.1. The number of nitrogens with zero attached hydrogens (tertiary/aromatic N) is 3. The van der Waals surface area contributed by atoms with Crippen LogP contribution in [0.4, 0.5) is 17.1 Å². The molecule has 1 aliphatic rings. The Morgan fingerprint density at radius 2 is 1.06 bits per heavy atom. The quantitative estimate of drug-likeness (QED) is 0.183. The van der Waals surface area contributed by atoms with Crippen LogP contribution in [-0.2, 0) is 0 Å². The van der Waals surface area contributed by atoms with Crippen LogP contribution in [0.5, 0.6) is 0 Å². The number of rotatable bonds is 3. The zero-order valence-corrected chi connectivity index (χ0v) is 29.8. The van der Waals surface area contributed by atoms with Crippen LogP contribution in [0.15, 0.2) is 176 Å². The van der Waals surface area contributed by atoms with Crippen LogP contribution in [0.1, 0.15) is 0 Å². The summed E-state index contributed by atoms with van der Waals surface area (Å²) in [6.45, 7) is 0. The highest BCUT2D eigenvalue weighted by Crippen LogP contribution is 2.55. The van der Waals surface area contributed by atoms with E-state index in [9.17, 15) is 0 Å². The predicted molar refractivity (Wildman–Crippen MR) is 229 cm³/mol. The van der Waals surface area contributed by atoms with Gasteiger partial charge in [-0.3, -0.25) is 0 Å². The molecule has 0 unspecified atom stereocenters. The van der Waals surface area contributed by atoms with Crippen LogP contribution in [0.25, 0.3) is 97.2 Å². The van der Waals surface area contributed by atoms with E-state index in [2.05, 4.69) is 175 Å². The second kappa shape index (κ2) is 11.3. The lowest BCUT2D eigenvalue weighted by Gasteiger charge is -2.35. The molecule has 3 heterocycles. The Hall–Kier alpha value is -6.88. The number of para-hydroxylation sites is 2. The molecule has 0 bridgehead atoms. The monoisotopic (exact) mass is 703 g/mol. The first-order valence-electron chi connectivity index (χ1n) is 18.3. The second-order valence-electron chi connectivity index (χ2n) is 14.1. The van der Waals surface area contributed by atoms with Gasteiger partial charge in [0.25, 0.3) is 0 Å². The maximum Gasteiger partial charge on any atom is 0.0994 e. The summed E-state index contributed by atoms with van der Waals surface area (Å²) in [5.41, 5.74) is 11.5. The zero-order valence-electron chi connectivity index (χ0n) is 29.0. The summed E-state index contributed by atoms with van der Waals surface area (Å²) < 4.78 is 2.53. The molecule has 11 aromatic rings. The van der Waals surface area contributed by atoms with E-state index >= 15 is 0 Å². The molecule has 0 saturated heterocycles. The molecule has 9 aromatic carbocycles. The summed E-state index contributed by atoms with van der Waals surface area (Å²) in [5.74, 6) is 0. The fraction of sp³-hybridized carbons (Fsp3) is 0. The molecule has 0 N–H and O–H groups in total. The van der Waals surface area contributed by atoms with Crippen molar-refractivity contribution in [3.05, 3.63) is 176 Å². The normalized spacial score (nSPS) is 12.4. The molecule has 3 nitrogen and oxygen atoms in total. The third kappa shape index (κ3) is 4.29. The highest BCUT2D eigenvalue weighted by molar-refractivity contribution is 7.25. The first-order chi connectivity index (χ1) is 26.8. The van der Waals surface area contributed by atoms with Crippen molar-refractivity contribution in [3.63, 3.8) is 0 Å². The van der Waals surface area contributed by atoms with Crippen LogP contribution >= 0.6 is 11.3 Å². The molecule has 54 heavy (non-hydrogen) atoms. The van der Waals surface area contributed by atoms with E-state index in [-0.39, 0.29) is 0 Å². The number of thiophene rings is 1. The molecular formula is C50H29N3S. The van der Waals surface area contributed by atoms with Gasteiger partial charge in [0.1, 0.15) is 0 Å². The van der Waals surface area contributed by atoms with E-state index < -0.39 is 0 Å². The van der Waals surface area contributed by atoms with Gasteiger partial charge in [-0.1, -0.05) is 127 Å². The fourth-order valence-electron chi connectivity index (χ4n) is 8.70. The van der Waals surface area contributed by atoms with Crippen molar-refractivity contribution < 1.29 is 0 Å². The number of benzene rings is 9. The summed E-state index contributed by atoms with van der Waals surface area (Å²) in [6, 6.07) is 63.7. The molecule has 1 aliphatic heterocycles. The lowest BCUT2D eigenvalue weighted by molar-refractivity contribution is 1.26. The van der Waals surface area contributed by atoms with E-state index in [0.29, 0.717) is 0 Å². The molecule has 0 aliphatic carbocycles. The summed E-state index contributed by atoms with van der Waals surface area (Å²) in [6.07, 6.45) is 0. The maximum absolute atomic E-state index is 5.52. The van der Waals surface area contributed by atoms with E-state index in [4.69, 9.17) is 9.97 Å². The van der Waals surface area contributed by atoms with Crippen LogP contribution in [0.2, 0.25) is 0 Å². The van der Waals surface area contributed by atoms with Gasteiger partial charge in [0, 0.05) is 42.2 Å². The largest absolute Gasteiger partial charge is 0.308 e. The van der Waals surface area contributed by atoms with Gasteiger partial charge >= 0.3 is 0 Å². The van der Waals surface area contributed by atoms with E-state index in [0.717, 1.165) is 56.0 Å². The van der Waals surface area contributed by atoms with Crippen molar-refractivity contribution in [1.82, 2.24) is 9.97 Å². The van der Waals surface area contributed by atoms with Gasteiger partial charge < -0.3 is 4.90 Å². The van der Waals surface area contributed by atoms with Crippen LogP contribution in [0, 0.1) is 0 Å². The van der Waals surface area contributed by atoms with Crippen LogP contribution in [-0.4, -0.2) is 9.97 Å². The van der Waals surface area contributed by atoms with Crippen molar-refractivity contribution in [3.8, 4) is 33.6 Å². The SMILES string of the molecule is c1ccc2cc(N3c4ccc5ccccc5c4-c4cccc5cccc3c45)c(-c3nc4ccccc4nc3-c3ccc4c(c3)sc3ccccc34)cc2c1. The Labute approximate surface area is 315 Å². The van der Waals surface area contributed by atoms with Gasteiger partial charge in [-0.15, -0.1) is 11.3 Å². The smallest absolute Gasteiger partial charge is 0.0994 e. The van der Waals surface area contributed by atoms with E-state index in [1.807, 2.05) is 17.4 Å². The number of aromatic nitrogens is 2. The van der Waals surface area contributed by atoms with Gasteiger partial charge in [-0.05, 0) is 81.0 Å². The fourth-order valence-corrected chi connectivity index (χ4v) is 9.85. The number of hydrogen-bond donors (Lipinski definition) is 0. The summed E-state index contributed by atoms with van der Waals surface area (Å²) in [5, 5.41) is 9.83. The average Bonchev–Trinajstić information content (AvgIpc) is 3.61. The lowest BCUT2D eigenvalue weighted by atomic mass is 9.87. The molecule has 0 spiro atoms. The summed E-state index contributed by atoms with van der Waals surface area (Å²) in [7, 11) is 0. The molecule has 0 saturated carbocycles. The predicted octanol–water partition coefficient (Wildman–Crippen LogP) is 14.2. The molecule has 0 radical (unpaired) electrons. The zero-order chi connectivity index (χ0) is 35.3. The Morgan fingerprint density at radius 1 is 0.389 bits per heavy atom. The van der Waals surface area contributed by atoms with Gasteiger partial charge in [-0.25, -0.2) is 9.97 Å². The number of anilines is 3.